The summed E-state index contributed by atoms with van der Waals surface area (Å²) in [7, 11) is 0. The summed E-state index contributed by atoms with van der Waals surface area (Å²) in [5, 5.41) is 7.69. The Morgan fingerprint density at radius 2 is 0.750 bits per heavy atom. The van der Waals surface area contributed by atoms with E-state index in [0.29, 0.717) is 0 Å². The molecule has 0 aliphatic heterocycles. The van der Waals surface area contributed by atoms with Gasteiger partial charge in [-0.1, -0.05) is 182 Å². The minimum atomic E-state index is -0.519. The van der Waals surface area contributed by atoms with E-state index in [1.54, 1.807) is 0 Å². The summed E-state index contributed by atoms with van der Waals surface area (Å²) in [5.41, 5.74) is 16.0. The van der Waals surface area contributed by atoms with Crippen LogP contribution in [0.15, 0.2) is 212 Å². The molecular weight excluding hydrogens is 675 g/mol. The Hall–Kier alpha value is -7.22. The number of benzene rings is 10. The van der Waals surface area contributed by atoms with Gasteiger partial charge < -0.3 is 4.90 Å². The number of anilines is 3. The molecule has 0 unspecified atom stereocenters. The van der Waals surface area contributed by atoms with Crippen molar-refractivity contribution in [2.75, 3.05) is 4.90 Å². The second kappa shape index (κ2) is 11.9. The minimum absolute atomic E-state index is 0.519. The lowest BCUT2D eigenvalue weighted by Gasteiger charge is -2.33. The van der Waals surface area contributed by atoms with Crippen LogP contribution in [0.1, 0.15) is 22.3 Å². The van der Waals surface area contributed by atoms with Crippen molar-refractivity contribution in [3.63, 3.8) is 0 Å². The molecule has 10 aromatic rings. The lowest BCUT2D eigenvalue weighted by molar-refractivity contribution is 0.809. The first-order chi connectivity index (χ1) is 27.8. The smallest absolute Gasteiger partial charge is 0.0737 e. The highest BCUT2D eigenvalue weighted by molar-refractivity contribution is 6.22. The van der Waals surface area contributed by atoms with Crippen molar-refractivity contribution in [3.05, 3.63) is 235 Å². The zero-order valence-corrected chi connectivity index (χ0v) is 30.7. The van der Waals surface area contributed by atoms with Gasteiger partial charge in [0.25, 0.3) is 0 Å². The molecule has 0 radical (unpaired) electrons. The van der Waals surface area contributed by atoms with E-state index < -0.39 is 5.41 Å². The Bertz CT molecular complexity index is 3130. The zero-order chi connectivity index (χ0) is 36.8. The number of para-hydroxylation sites is 1. The summed E-state index contributed by atoms with van der Waals surface area (Å²) in [6.07, 6.45) is 0. The van der Waals surface area contributed by atoms with Crippen molar-refractivity contribution in [2.24, 2.45) is 0 Å². The molecule has 0 heterocycles. The fraction of sp³-hybridized carbons (Fsp3) is 0.0182. The molecule has 0 bridgehead atoms. The van der Waals surface area contributed by atoms with Crippen LogP contribution in [0.4, 0.5) is 17.1 Å². The van der Waals surface area contributed by atoms with Crippen molar-refractivity contribution in [1.82, 2.24) is 0 Å². The molecule has 1 spiro atoms. The lowest BCUT2D eigenvalue weighted by atomic mass is 9.68. The highest BCUT2D eigenvalue weighted by Crippen LogP contribution is 2.67. The van der Waals surface area contributed by atoms with Gasteiger partial charge in [-0.05, 0) is 113 Å². The van der Waals surface area contributed by atoms with Gasteiger partial charge in [-0.15, -0.1) is 0 Å². The predicted octanol–water partition coefficient (Wildman–Crippen LogP) is 14.6. The standard InChI is InChI=1S/C55H35N/c1-3-17-36(18-4-1)37-31-33-39(34-32-37)56(38-19-5-2-6-20-38)51-35-48-52-45-26-10-7-21-40(45)41-22-8-11-27-46(41)54(52)55(53(48)47-28-12-9-25-44(47)51)49-29-15-13-23-42(49)43-24-14-16-30-50(43)55/h1-35H. The number of rotatable bonds is 4. The van der Waals surface area contributed by atoms with Gasteiger partial charge in [0.1, 0.15) is 0 Å². The molecule has 56 heavy (non-hydrogen) atoms. The Kier molecular flexibility index (Phi) is 6.62. The molecule has 0 amide bonds. The summed E-state index contributed by atoms with van der Waals surface area (Å²) in [4.78, 5) is 2.46. The van der Waals surface area contributed by atoms with Crippen LogP contribution < -0.4 is 4.90 Å². The summed E-state index contributed by atoms with van der Waals surface area (Å²) in [6.45, 7) is 0. The number of fused-ring (bicyclic) bond motifs is 17. The van der Waals surface area contributed by atoms with E-state index in [1.165, 1.54) is 88.0 Å². The van der Waals surface area contributed by atoms with Crippen LogP contribution in [0.5, 0.6) is 0 Å². The van der Waals surface area contributed by atoms with E-state index in [-0.39, 0.29) is 0 Å². The maximum absolute atomic E-state index is 2.52. The van der Waals surface area contributed by atoms with E-state index >= 15 is 0 Å². The molecule has 1 heteroatoms. The number of hydrogen-bond acceptors (Lipinski definition) is 1. The number of nitrogens with zero attached hydrogens (tertiary/aromatic N) is 1. The molecule has 260 valence electrons. The van der Waals surface area contributed by atoms with Crippen molar-refractivity contribution < 1.29 is 0 Å². The highest BCUT2D eigenvalue weighted by atomic mass is 15.1. The summed E-state index contributed by atoms with van der Waals surface area (Å²) in [6, 6.07) is 78.7. The van der Waals surface area contributed by atoms with Crippen molar-refractivity contribution in [2.45, 2.75) is 5.41 Å². The maximum atomic E-state index is 2.52. The van der Waals surface area contributed by atoms with Gasteiger partial charge in [0.05, 0.1) is 11.1 Å². The van der Waals surface area contributed by atoms with Gasteiger partial charge in [-0.3, -0.25) is 0 Å². The van der Waals surface area contributed by atoms with Crippen LogP contribution in [0, 0.1) is 0 Å². The van der Waals surface area contributed by atoms with Crippen molar-refractivity contribution >= 4 is 49.4 Å². The van der Waals surface area contributed by atoms with Crippen LogP contribution in [0.2, 0.25) is 0 Å². The lowest BCUT2D eigenvalue weighted by Crippen LogP contribution is -2.26. The molecule has 0 N–H and O–H groups in total. The minimum Gasteiger partial charge on any atom is -0.310 e. The molecule has 0 fully saturated rings. The van der Waals surface area contributed by atoms with Gasteiger partial charge in [-0.25, -0.2) is 0 Å². The fourth-order valence-electron chi connectivity index (χ4n) is 10.3. The Morgan fingerprint density at radius 3 is 1.39 bits per heavy atom. The van der Waals surface area contributed by atoms with Crippen LogP contribution in [0.3, 0.4) is 0 Å². The molecule has 1 nitrogen and oxygen atoms in total. The molecule has 12 rings (SSSR count). The third-order valence-corrected chi connectivity index (χ3v) is 12.4. The SMILES string of the molecule is c1ccc(-c2ccc(N(c3ccccc3)c3cc4c(c5ccccc35)C3(c5ccccc5-c5ccccc53)c3c-4c4ccccc4c4ccccc34)cc2)cc1. The third-order valence-electron chi connectivity index (χ3n) is 12.4. The maximum Gasteiger partial charge on any atom is 0.0737 e. The monoisotopic (exact) mass is 709 g/mol. The van der Waals surface area contributed by atoms with E-state index in [4.69, 9.17) is 0 Å². The molecule has 2 aliphatic rings. The Morgan fingerprint density at radius 1 is 0.304 bits per heavy atom. The van der Waals surface area contributed by atoms with E-state index in [2.05, 4.69) is 217 Å². The normalized spacial score (nSPS) is 13.1. The summed E-state index contributed by atoms with van der Waals surface area (Å²) in [5.74, 6) is 0. The Balaban J connectivity index is 1.25. The largest absolute Gasteiger partial charge is 0.310 e. The van der Waals surface area contributed by atoms with E-state index in [9.17, 15) is 0 Å². The zero-order valence-electron chi connectivity index (χ0n) is 30.7. The molecule has 2 aliphatic carbocycles. The first kappa shape index (κ1) is 31.2. The van der Waals surface area contributed by atoms with Crippen LogP contribution in [0.25, 0.3) is 65.7 Å². The topological polar surface area (TPSA) is 3.24 Å². The van der Waals surface area contributed by atoms with Gasteiger partial charge in [0.2, 0.25) is 0 Å². The average Bonchev–Trinajstić information content (AvgIpc) is 3.75. The van der Waals surface area contributed by atoms with Crippen LogP contribution in [-0.4, -0.2) is 0 Å². The second-order valence-corrected chi connectivity index (χ2v) is 15.1. The first-order valence-electron chi connectivity index (χ1n) is 19.5. The van der Waals surface area contributed by atoms with Crippen molar-refractivity contribution in [3.8, 4) is 33.4 Å². The fourth-order valence-corrected chi connectivity index (χ4v) is 10.3. The summed E-state index contributed by atoms with van der Waals surface area (Å²) < 4.78 is 0. The van der Waals surface area contributed by atoms with Gasteiger partial charge in [0.15, 0.2) is 0 Å². The van der Waals surface area contributed by atoms with E-state index in [0.717, 1.165) is 17.1 Å². The molecule has 0 aromatic heterocycles. The van der Waals surface area contributed by atoms with E-state index in [1.807, 2.05) is 0 Å². The second-order valence-electron chi connectivity index (χ2n) is 15.1. The van der Waals surface area contributed by atoms with Gasteiger partial charge >= 0.3 is 0 Å². The molecule has 0 atom stereocenters. The Labute approximate surface area is 326 Å². The van der Waals surface area contributed by atoms with Gasteiger partial charge in [0, 0.05) is 16.8 Å². The first-order valence-corrected chi connectivity index (χ1v) is 19.5. The molecule has 0 saturated heterocycles. The van der Waals surface area contributed by atoms with Crippen LogP contribution in [-0.2, 0) is 5.41 Å². The predicted molar refractivity (Wildman–Crippen MR) is 235 cm³/mol. The molecule has 10 aromatic carbocycles. The van der Waals surface area contributed by atoms with Gasteiger partial charge in [-0.2, -0.15) is 0 Å². The summed E-state index contributed by atoms with van der Waals surface area (Å²) >= 11 is 0. The number of hydrogen-bond donors (Lipinski definition) is 0. The highest BCUT2D eigenvalue weighted by Gasteiger charge is 2.54. The molecular formula is C55H35N. The molecule has 0 saturated carbocycles. The third kappa shape index (κ3) is 4.15. The van der Waals surface area contributed by atoms with Crippen molar-refractivity contribution in [1.29, 1.82) is 0 Å². The van der Waals surface area contributed by atoms with Crippen LogP contribution >= 0.6 is 0 Å². The average molecular weight is 710 g/mol. The quantitative estimate of drug-likeness (QED) is 0.164.